The van der Waals surface area contributed by atoms with Gasteiger partial charge in [-0.15, -0.1) is 11.3 Å². The zero-order valence-electron chi connectivity index (χ0n) is 17.2. The fraction of sp³-hybridized carbons (Fsp3) is 0.391. The predicted octanol–water partition coefficient (Wildman–Crippen LogP) is 4.82. The zero-order valence-corrected chi connectivity index (χ0v) is 18.0. The van der Waals surface area contributed by atoms with Gasteiger partial charge in [0, 0.05) is 11.0 Å². The fourth-order valence-electron chi connectivity index (χ4n) is 3.66. The molecule has 0 spiro atoms. The van der Waals surface area contributed by atoms with Crippen molar-refractivity contribution in [3.05, 3.63) is 45.8 Å². The van der Waals surface area contributed by atoms with Crippen LogP contribution in [0.2, 0.25) is 0 Å². The van der Waals surface area contributed by atoms with E-state index in [0.29, 0.717) is 34.6 Å². The molecule has 1 N–H and O–H groups in total. The van der Waals surface area contributed by atoms with E-state index in [9.17, 15) is 9.59 Å². The van der Waals surface area contributed by atoms with Gasteiger partial charge in [0.05, 0.1) is 12.2 Å². The first-order valence-electron chi connectivity index (χ1n) is 10.3. The van der Waals surface area contributed by atoms with Gasteiger partial charge in [-0.2, -0.15) is 0 Å². The highest BCUT2D eigenvalue weighted by Gasteiger charge is 2.29. The van der Waals surface area contributed by atoms with Crippen molar-refractivity contribution in [1.82, 2.24) is 0 Å². The van der Waals surface area contributed by atoms with Crippen molar-refractivity contribution >= 4 is 34.3 Å². The maximum Gasteiger partial charge on any atom is 0.341 e. The molecular weight excluding hydrogens is 402 g/mol. The molecule has 158 valence electrons. The van der Waals surface area contributed by atoms with Crippen molar-refractivity contribution in [2.75, 3.05) is 18.7 Å². The van der Waals surface area contributed by atoms with Gasteiger partial charge in [0.2, 0.25) is 12.7 Å². The van der Waals surface area contributed by atoms with Crippen LogP contribution in [0.1, 0.15) is 53.1 Å². The molecule has 4 rings (SSSR count). The number of hydrogen-bond donors (Lipinski definition) is 1. The van der Waals surface area contributed by atoms with Gasteiger partial charge in [0.15, 0.2) is 11.5 Å². The van der Waals surface area contributed by atoms with E-state index >= 15 is 0 Å². The second kappa shape index (κ2) is 8.92. The molecule has 0 unspecified atom stereocenters. The lowest BCUT2D eigenvalue weighted by molar-refractivity contribution is -0.111. The van der Waals surface area contributed by atoms with E-state index in [-0.39, 0.29) is 18.7 Å². The Morgan fingerprint density at radius 3 is 2.97 bits per heavy atom. The van der Waals surface area contributed by atoms with Gasteiger partial charge < -0.3 is 19.5 Å². The van der Waals surface area contributed by atoms with Gasteiger partial charge in [0.25, 0.3) is 0 Å². The minimum Gasteiger partial charge on any atom is -0.462 e. The molecule has 1 amide bonds. The number of thiophene rings is 1. The molecule has 30 heavy (non-hydrogen) atoms. The molecule has 0 saturated heterocycles. The summed E-state index contributed by atoms with van der Waals surface area (Å²) in [6.45, 7) is 4.75. The number of esters is 1. The first-order chi connectivity index (χ1) is 14.5. The van der Waals surface area contributed by atoms with E-state index in [0.717, 1.165) is 36.8 Å². The van der Waals surface area contributed by atoms with Crippen LogP contribution in [-0.2, 0) is 22.4 Å². The number of carbonyl (C=O) groups is 2. The highest BCUT2D eigenvalue weighted by molar-refractivity contribution is 7.17. The van der Waals surface area contributed by atoms with Gasteiger partial charge in [-0.1, -0.05) is 19.9 Å². The number of benzene rings is 1. The molecule has 1 aromatic carbocycles. The summed E-state index contributed by atoms with van der Waals surface area (Å²) in [6, 6.07) is 5.50. The standard InChI is InChI=1S/C23H25NO5S/c1-3-10-27-23(26)21-16-7-4-14(2)11-19(16)30-22(21)24-20(25)9-6-15-5-8-17-18(12-15)29-13-28-17/h5-6,8-9,12,14H,3-4,7,10-11,13H2,1-2H3,(H,24,25)/b9-6+/t14-/m1/s1. The van der Waals surface area contributed by atoms with E-state index in [4.69, 9.17) is 14.2 Å². The molecule has 1 aromatic heterocycles. The van der Waals surface area contributed by atoms with E-state index in [2.05, 4.69) is 12.2 Å². The molecule has 0 radical (unpaired) electrons. The lowest BCUT2D eigenvalue weighted by Gasteiger charge is -2.18. The number of ether oxygens (including phenoxy) is 3. The summed E-state index contributed by atoms with van der Waals surface area (Å²) in [4.78, 5) is 26.5. The summed E-state index contributed by atoms with van der Waals surface area (Å²) in [6.07, 6.45) is 6.73. The lowest BCUT2D eigenvalue weighted by Crippen LogP contribution is -2.16. The molecule has 2 aliphatic rings. The summed E-state index contributed by atoms with van der Waals surface area (Å²) < 4.78 is 16.1. The summed E-state index contributed by atoms with van der Waals surface area (Å²) in [5, 5.41) is 3.48. The van der Waals surface area contributed by atoms with E-state index < -0.39 is 0 Å². The fourth-order valence-corrected chi connectivity index (χ4v) is 5.07. The molecule has 2 aromatic rings. The third-order valence-corrected chi connectivity index (χ3v) is 6.38. The molecular formula is C23H25NO5S. The Morgan fingerprint density at radius 1 is 1.30 bits per heavy atom. The third-order valence-electron chi connectivity index (χ3n) is 5.21. The molecule has 0 saturated carbocycles. The Balaban J connectivity index is 1.52. The van der Waals surface area contributed by atoms with Crippen molar-refractivity contribution in [3.63, 3.8) is 0 Å². The second-order valence-corrected chi connectivity index (χ2v) is 8.73. The topological polar surface area (TPSA) is 73.9 Å². The van der Waals surface area contributed by atoms with Crippen LogP contribution < -0.4 is 14.8 Å². The molecule has 2 heterocycles. The van der Waals surface area contributed by atoms with Crippen molar-refractivity contribution < 1.29 is 23.8 Å². The Labute approximate surface area is 179 Å². The van der Waals surface area contributed by atoms with Gasteiger partial charge in [-0.25, -0.2) is 4.79 Å². The molecule has 6 nitrogen and oxygen atoms in total. The van der Waals surface area contributed by atoms with Crippen molar-refractivity contribution in [3.8, 4) is 11.5 Å². The van der Waals surface area contributed by atoms with Crippen LogP contribution in [0.3, 0.4) is 0 Å². The minimum atomic E-state index is -0.348. The van der Waals surface area contributed by atoms with Crippen LogP contribution in [0.25, 0.3) is 6.08 Å². The van der Waals surface area contributed by atoms with Crippen LogP contribution in [0.5, 0.6) is 11.5 Å². The summed E-state index contributed by atoms with van der Waals surface area (Å²) in [5.74, 6) is 1.30. The van der Waals surface area contributed by atoms with Crippen molar-refractivity contribution in [2.45, 2.75) is 39.5 Å². The normalized spacial score (nSPS) is 17.1. The smallest absolute Gasteiger partial charge is 0.341 e. The van der Waals surface area contributed by atoms with Crippen LogP contribution in [0.4, 0.5) is 5.00 Å². The number of rotatable bonds is 6. The third kappa shape index (κ3) is 4.36. The molecule has 1 aliphatic carbocycles. The predicted molar refractivity (Wildman–Crippen MR) is 116 cm³/mol. The Morgan fingerprint density at radius 2 is 2.13 bits per heavy atom. The van der Waals surface area contributed by atoms with Gasteiger partial charge in [0.1, 0.15) is 5.00 Å². The van der Waals surface area contributed by atoms with Crippen LogP contribution in [-0.4, -0.2) is 25.3 Å². The zero-order chi connectivity index (χ0) is 21.1. The molecule has 1 aliphatic heterocycles. The number of amides is 1. The van der Waals surface area contributed by atoms with Crippen LogP contribution in [0.15, 0.2) is 24.3 Å². The molecule has 1 atom stereocenters. The Bertz CT molecular complexity index is 994. The number of hydrogen-bond acceptors (Lipinski definition) is 6. The van der Waals surface area contributed by atoms with Gasteiger partial charge in [-0.3, -0.25) is 4.79 Å². The quantitative estimate of drug-likeness (QED) is 0.528. The monoisotopic (exact) mass is 427 g/mol. The Kier molecular flexibility index (Phi) is 6.08. The van der Waals surface area contributed by atoms with Gasteiger partial charge >= 0.3 is 5.97 Å². The van der Waals surface area contributed by atoms with Crippen LogP contribution >= 0.6 is 11.3 Å². The first-order valence-corrected chi connectivity index (χ1v) is 11.1. The SMILES string of the molecule is CCCOC(=O)c1c(NC(=O)/C=C/c2ccc3c(c2)OCO3)sc2c1CC[C@@H](C)C2. The Hall–Kier alpha value is -2.80. The number of nitrogens with one attached hydrogen (secondary N) is 1. The molecule has 0 fully saturated rings. The lowest BCUT2D eigenvalue weighted by atomic mass is 9.88. The summed E-state index contributed by atoms with van der Waals surface area (Å²) in [5.41, 5.74) is 2.39. The van der Waals surface area contributed by atoms with Crippen LogP contribution in [0, 0.1) is 5.92 Å². The number of fused-ring (bicyclic) bond motifs is 2. The highest BCUT2D eigenvalue weighted by atomic mass is 32.1. The first kappa shape index (κ1) is 20.5. The van der Waals surface area contributed by atoms with Crippen molar-refractivity contribution in [2.24, 2.45) is 5.92 Å². The summed E-state index contributed by atoms with van der Waals surface area (Å²) >= 11 is 1.49. The second-order valence-electron chi connectivity index (χ2n) is 7.63. The van der Waals surface area contributed by atoms with E-state index in [1.807, 2.05) is 25.1 Å². The van der Waals surface area contributed by atoms with Gasteiger partial charge in [-0.05, 0) is 60.9 Å². The number of carbonyl (C=O) groups excluding carboxylic acids is 2. The minimum absolute atomic E-state index is 0.210. The highest BCUT2D eigenvalue weighted by Crippen LogP contribution is 2.40. The number of anilines is 1. The average molecular weight is 428 g/mol. The maximum absolute atomic E-state index is 12.7. The summed E-state index contributed by atoms with van der Waals surface area (Å²) in [7, 11) is 0. The maximum atomic E-state index is 12.7. The average Bonchev–Trinajstić information content (AvgIpc) is 3.33. The van der Waals surface area contributed by atoms with E-state index in [1.165, 1.54) is 22.3 Å². The molecule has 7 heteroatoms. The van der Waals surface area contributed by atoms with Crippen molar-refractivity contribution in [1.29, 1.82) is 0 Å². The van der Waals surface area contributed by atoms with E-state index in [1.54, 1.807) is 6.08 Å². The molecule has 0 bridgehead atoms. The largest absolute Gasteiger partial charge is 0.462 e.